The first-order chi connectivity index (χ1) is 11.6. The van der Waals surface area contributed by atoms with Gasteiger partial charge in [-0.2, -0.15) is 0 Å². The van der Waals surface area contributed by atoms with Crippen molar-refractivity contribution < 1.29 is 9.26 Å². The summed E-state index contributed by atoms with van der Waals surface area (Å²) in [4.78, 5) is 4.77. The molecule has 1 aromatic heterocycles. The molecule has 1 aliphatic heterocycles. The summed E-state index contributed by atoms with van der Waals surface area (Å²) in [5, 5.41) is 4.03. The van der Waals surface area contributed by atoms with Crippen LogP contribution in [-0.4, -0.2) is 54.3 Å². The summed E-state index contributed by atoms with van der Waals surface area (Å²) in [5.41, 5.74) is 3.53. The van der Waals surface area contributed by atoms with E-state index in [9.17, 15) is 0 Å². The molecule has 130 valence electrons. The predicted octanol–water partition coefficient (Wildman–Crippen LogP) is 2.62. The molecular formula is C19H27N3O2. The zero-order valence-corrected chi connectivity index (χ0v) is 14.9. The van der Waals surface area contributed by atoms with Crippen molar-refractivity contribution in [3.8, 4) is 0 Å². The van der Waals surface area contributed by atoms with Crippen LogP contribution in [-0.2, 0) is 17.8 Å². The lowest BCUT2D eigenvalue weighted by molar-refractivity contribution is -0.0439. The molecule has 5 nitrogen and oxygen atoms in total. The summed E-state index contributed by atoms with van der Waals surface area (Å²) in [6, 6.07) is 10.6. The van der Waals surface area contributed by atoms with E-state index in [0.29, 0.717) is 0 Å². The second kappa shape index (κ2) is 7.92. The Balaban J connectivity index is 1.51. The maximum absolute atomic E-state index is 5.97. The molecule has 0 aliphatic carbocycles. The van der Waals surface area contributed by atoms with Crippen LogP contribution in [0.2, 0.25) is 0 Å². The minimum atomic E-state index is 0.243. The van der Waals surface area contributed by atoms with Crippen molar-refractivity contribution in [1.82, 2.24) is 15.0 Å². The smallest absolute Gasteiger partial charge is 0.138 e. The third-order valence-corrected chi connectivity index (χ3v) is 4.60. The molecule has 1 atom stereocenters. The first-order valence-electron chi connectivity index (χ1n) is 8.60. The van der Waals surface area contributed by atoms with E-state index >= 15 is 0 Å². The minimum Gasteiger partial charge on any atom is -0.374 e. The molecule has 1 fully saturated rings. The number of aromatic nitrogens is 1. The number of hydrogen-bond donors (Lipinski definition) is 0. The third kappa shape index (κ3) is 4.44. The highest BCUT2D eigenvalue weighted by atomic mass is 16.5. The fraction of sp³-hybridized carbons (Fsp3) is 0.526. The fourth-order valence-electron chi connectivity index (χ4n) is 3.29. The predicted molar refractivity (Wildman–Crippen MR) is 93.8 cm³/mol. The third-order valence-electron chi connectivity index (χ3n) is 4.60. The lowest BCUT2D eigenvalue weighted by atomic mass is 10.1. The molecule has 3 rings (SSSR count). The van der Waals surface area contributed by atoms with E-state index < -0.39 is 0 Å². The first kappa shape index (κ1) is 17.1. The van der Waals surface area contributed by atoms with Gasteiger partial charge in [-0.3, -0.25) is 9.80 Å². The Kier molecular flexibility index (Phi) is 5.66. The van der Waals surface area contributed by atoms with Crippen LogP contribution in [0.4, 0.5) is 0 Å². The van der Waals surface area contributed by atoms with Gasteiger partial charge in [0.15, 0.2) is 0 Å². The van der Waals surface area contributed by atoms with Crippen LogP contribution in [0.15, 0.2) is 34.9 Å². The minimum absolute atomic E-state index is 0.243. The van der Waals surface area contributed by atoms with E-state index in [-0.39, 0.29) is 6.10 Å². The highest BCUT2D eigenvalue weighted by Crippen LogP contribution is 2.16. The van der Waals surface area contributed by atoms with Crippen LogP contribution in [0.25, 0.3) is 0 Å². The van der Waals surface area contributed by atoms with Crippen LogP contribution < -0.4 is 0 Å². The second-order valence-electron chi connectivity index (χ2n) is 6.71. The largest absolute Gasteiger partial charge is 0.374 e. The zero-order valence-electron chi connectivity index (χ0n) is 14.9. The maximum atomic E-state index is 5.97. The Labute approximate surface area is 144 Å². The standard InChI is InChI=1S/C19H27N3O2/c1-15-19(16(2)24-20-15)14-21(3)12-18-13-22(9-10-23-18)11-17-7-5-4-6-8-17/h4-8,18H,9-14H2,1-3H3. The van der Waals surface area contributed by atoms with Gasteiger partial charge in [0.1, 0.15) is 5.76 Å². The topological polar surface area (TPSA) is 41.7 Å². The van der Waals surface area contributed by atoms with E-state index in [0.717, 1.165) is 50.8 Å². The normalized spacial score (nSPS) is 19.1. The molecular weight excluding hydrogens is 302 g/mol. The van der Waals surface area contributed by atoms with Gasteiger partial charge in [0.05, 0.1) is 18.4 Å². The van der Waals surface area contributed by atoms with Crippen molar-refractivity contribution in [2.75, 3.05) is 33.3 Å². The van der Waals surface area contributed by atoms with E-state index in [1.807, 2.05) is 13.8 Å². The molecule has 24 heavy (non-hydrogen) atoms. The van der Waals surface area contributed by atoms with Crippen LogP contribution >= 0.6 is 0 Å². The van der Waals surface area contributed by atoms with E-state index in [2.05, 4.69) is 52.3 Å². The van der Waals surface area contributed by atoms with Crippen molar-refractivity contribution in [2.45, 2.75) is 33.0 Å². The monoisotopic (exact) mass is 329 g/mol. The summed E-state index contributed by atoms with van der Waals surface area (Å²) in [7, 11) is 2.13. The number of rotatable bonds is 6. The number of likely N-dealkylation sites (N-methyl/N-ethyl adjacent to an activating group) is 1. The number of hydrogen-bond acceptors (Lipinski definition) is 5. The molecule has 1 aromatic carbocycles. The number of ether oxygens (including phenoxy) is 1. The SMILES string of the molecule is Cc1noc(C)c1CN(C)CC1CN(Cc2ccccc2)CCO1. The Morgan fingerprint density at radius 2 is 2.04 bits per heavy atom. The van der Waals surface area contributed by atoms with Crippen molar-refractivity contribution in [1.29, 1.82) is 0 Å². The van der Waals surface area contributed by atoms with Crippen LogP contribution in [0.3, 0.4) is 0 Å². The zero-order chi connectivity index (χ0) is 16.9. The number of morpholine rings is 1. The summed E-state index contributed by atoms with van der Waals surface area (Å²) in [5.74, 6) is 0.912. The molecule has 2 heterocycles. The van der Waals surface area contributed by atoms with Crippen molar-refractivity contribution in [3.63, 3.8) is 0 Å². The average molecular weight is 329 g/mol. The molecule has 5 heteroatoms. The Hall–Kier alpha value is -1.69. The number of nitrogens with zero attached hydrogens (tertiary/aromatic N) is 3. The van der Waals surface area contributed by atoms with Gasteiger partial charge < -0.3 is 9.26 Å². The molecule has 0 N–H and O–H groups in total. The van der Waals surface area contributed by atoms with Crippen molar-refractivity contribution in [2.24, 2.45) is 0 Å². The second-order valence-corrected chi connectivity index (χ2v) is 6.71. The maximum Gasteiger partial charge on any atom is 0.138 e. The van der Waals surface area contributed by atoms with Gasteiger partial charge >= 0.3 is 0 Å². The Bertz CT molecular complexity index is 622. The van der Waals surface area contributed by atoms with Gasteiger partial charge in [0.25, 0.3) is 0 Å². The summed E-state index contributed by atoms with van der Waals surface area (Å²) in [6.07, 6.45) is 0.243. The van der Waals surface area contributed by atoms with Crippen molar-refractivity contribution in [3.05, 3.63) is 52.9 Å². The van der Waals surface area contributed by atoms with Crippen LogP contribution in [0, 0.1) is 13.8 Å². The van der Waals surface area contributed by atoms with Gasteiger partial charge in [-0.15, -0.1) is 0 Å². The van der Waals surface area contributed by atoms with Crippen molar-refractivity contribution >= 4 is 0 Å². The molecule has 0 amide bonds. The summed E-state index contributed by atoms with van der Waals surface area (Å²) >= 11 is 0. The Morgan fingerprint density at radius 1 is 1.25 bits per heavy atom. The average Bonchev–Trinajstić information content (AvgIpc) is 2.88. The molecule has 1 saturated heterocycles. The molecule has 1 aliphatic rings. The highest BCUT2D eigenvalue weighted by Gasteiger charge is 2.22. The molecule has 1 unspecified atom stereocenters. The molecule has 0 radical (unpaired) electrons. The van der Waals surface area contributed by atoms with Gasteiger partial charge in [-0.1, -0.05) is 35.5 Å². The molecule has 2 aromatic rings. The lowest BCUT2D eigenvalue weighted by Gasteiger charge is -2.34. The van der Waals surface area contributed by atoms with Gasteiger partial charge in [-0.25, -0.2) is 0 Å². The van der Waals surface area contributed by atoms with Crippen LogP contribution in [0.5, 0.6) is 0 Å². The molecule has 0 saturated carbocycles. The number of aryl methyl sites for hydroxylation is 2. The van der Waals surface area contributed by atoms with E-state index in [1.54, 1.807) is 0 Å². The van der Waals surface area contributed by atoms with Gasteiger partial charge in [0, 0.05) is 38.3 Å². The van der Waals surface area contributed by atoms with E-state index in [1.165, 1.54) is 11.1 Å². The fourth-order valence-corrected chi connectivity index (χ4v) is 3.29. The van der Waals surface area contributed by atoms with E-state index in [4.69, 9.17) is 9.26 Å². The lowest BCUT2D eigenvalue weighted by Crippen LogP contribution is -2.46. The number of benzene rings is 1. The summed E-state index contributed by atoms with van der Waals surface area (Å²) in [6.45, 7) is 9.50. The van der Waals surface area contributed by atoms with Gasteiger partial charge in [-0.05, 0) is 26.5 Å². The first-order valence-corrected chi connectivity index (χ1v) is 8.60. The van der Waals surface area contributed by atoms with Gasteiger partial charge in [0.2, 0.25) is 0 Å². The van der Waals surface area contributed by atoms with Crippen LogP contribution in [0.1, 0.15) is 22.6 Å². The molecule has 0 spiro atoms. The quantitative estimate of drug-likeness (QED) is 0.815. The molecule has 0 bridgehead atoms. The Morgan fingerprint density at radius 3 is 2.75 bits per heavy atom. The highest BCUT2D eigenvalue weighted by molar-refractivity contribution is 5.20. The summed E-state index contributed by atoms with van der Waals surface area (Å²) < 4.78 is 11.2.